The molecule has 0 bridgehead atoms. The fourth-order valence-corrected chi connectivity index (χ4v) is 9.23. The number of rotatable bonds is 55. The molecule has 0 spiro atoms. The molecule has 76 heavy (non-hydrogen) atoms. The van der Waals surface area contributed by atoms with Crippen LogP contribution in [0.25, 0.3) is 0 Å². The van der Waals surface area contributed by atoms with Gasteiger partial charge in [-0.3, -0.25) is 14.2 Å². The van der Waals surface area contributed by atoms with Crippen molar-refractivity contribution in [2.24, 2.45) is 0 Å². The molecule has 0 rings (SSSR count). The monoisotopic (exact) mass is 1080 g/mol. The molecule has 0 saturated carbocycles. The highest BCUT2D eigenvalue weighted by Crippen LogP contribution is 2.38. The summed E-state index contributed by atoms with van der Waals surface area (Å²) in [6.45, 7) is 6.66. The lowest BCUT2D eigenvalue weighted by atomic mass is 10.0. The highest BCUT2D eigenvalue weighted by atomic mass is 31.2. The maximum Gasteiger partial charge on any atom is 0.306 e. The number of phosphoric acid groups is 1. The first kappa shape index (κ1) is 72.9. The van der Waals surface area contributed by atoms with Gasteiger partial charge in [0.05, 0.1) is 33.8 Å². The van der Waals surface area contributed by atoms with Crippen molar-refractivity contribution < 1.29 is 37.3 Å². The molecular weight excluding hydrogens is 964 g/mol. The second kappa shape index (κ2) is 55.3. The van der Waals surface area contributed by atoms with Crippen LogP contribution in [0.1, 0.15) is 258 Å². The zero-order valence-electron chi connectivity index (χ0n) is 49.9. The largest absolute Gasteiger partial charge is 0.756 e. The lowest BCUT2D eigenvalue weighted by Crippen LogP contribution is -2.47. The fourth-order valence-electron chi connectivity index (χ4n) is 8.50. The van der Waals surface area contributed by atoms with Crippen molar-refractivity contribution in [2.75, 3.05) is 40.9 Å². The summed E-state index contributed by atoms with van der Waals surface area (Å²) in [5.74, 6) is -0.571. The number of ether oxygens (including phenoxy) is 1. The molecule has 0 radical (unpaired) electrons. The maximum atomic E-state index is 13.5. The molecule has 10 heteroatoms. The fraction of sp³-hybridized carbons (Fsp3) is 0.727. The number of nitrogens with zero attached hydrogens (tertiary/aromatic N) is 1. The van der Waals surface area contributed by atoms with E-state index in [4.69, 9.17) is 13.8 Å². The lowest BCUT2D eigenvalue weighted by molar-refractivity contribution is -0.870. The van der Waals surface area contributed by atoms with E-state index in [2.05, 4.69) is 111 Å². The van der Waals surface area contributed by atoms with Crippen molar-refractivity contribution in [2.45, 2.75) is 270 Å². The predicted octanol–water partition coefficient (Wildman–Crippen LogP) is 18.5. The average molecular weight is 1080 g/mol. The molecule has 1 amide bonds. The number of quaternary nitrogens is 1. The molecular formula is C66H117N2O7P. The first-order chi connectivity index (χ1) is 36.9. The van der Waals surface area contributed by atoms with E-state index < -0.39 is 26.6 Å². The molecule has 0 fully saturated rings. The van der Waals surface area contributed by atoms with E-state index in [1.54, 1.807) is 0 Å². The van der Waals surface area contributed by atoms with E-state index in [0.717, 1.165) is 103 Å². The van der Waals surface area contributed by atoms with Gasteiger partial charge in [-0.25, -0.2) is 0 Å². The van der Waals surface area contributed by atoms with Gasteiger partial charge < -0.3 is 28.5 Å². The Kier molecular flexibility index (Phi) is 53.0. The van der Waals surface area contributed by atoms with Gasteiger partial charge in [-0.2, -0.15) is 0 Å². The molecule has 0 aliphatic heterocycles. The van der Waals surface area contributed by atoms with Gasteiger partial charge in [-0.15, -0.1) is 0 Å². The van der Waals surface area contributed by atoms with Gasteiger partial charge in [-0.05, 0) is 96.0 Å². The molecule has 0 aromatic carbocycles. The summed E-state index contributed by atoms with van der Waals surface area (Å²) in [6.07, 6.45) is 73.7. The molecule has 0 aliphatic rings. The molecule has 0 heterocycles. The van der Waals surface area contributed by atoms with Crippen LogP contribution in [0, 0.1) is 0 Å². The number of phosphoric ester groups is 1. The minimum Gasteiger partial charge on any atom is -0.756 e. The van der Waals surface area contributed by atoms with Gasteiger partial charge in [0.25, 0.3) is 7.82 Å². The molecule has 438 valence electrons. The first-order valence-electron chi connectivity index (χ1n) is 31.1. The topological polar surface area (TPSA) is 114 Å². The third-order valence-electron chi connectivity index (χ3n) is 13.3. The number of allylic oxidation sites excluding steroid dienone is 15. The zero-order valence-corrected chi connectivity index (χ0v) is 50.8. The van der Waals surface area contributed by atoms with Gasteiger partial charge in [-0.1, -0.05) is 247 Å². The van der Waals surface area contributed by atoms with Gasteiger partial charge >= 0.3 is 5.97 Å². The van der Waals surface area contributed by atoms with E-state index in [0.29, 0.717) is 23.9 Å². The van der Waals surface area contributed by atoms with Gasteiger partial charge in [0.1, 0.15) is 19.3 Å². The van der Waals surface area contributed by atoms with Crippen molar-refractivity contribution in [3.8, 4) is 0 Å². The third kappa shape index (κ3) is 55.7. The second-order valence-corrected chi connectivity index (χ2v) is 23.3. The van der Waals surface area contributed by atoms with Crippen LogP contribution >= 0.6 is 7.82 Å². The average Bonchev–Trinajstić information content (AvgIpc) is 3.38. The van der Waals surface area contributed by atoms with E-state index in [9.17, 15) is 19.0 Å². The Morgan fingerprint density at radius 3 is 1.39 bits per heavy atom. The van der Waals surface area contributed by atoms with Crippen LogP contribution in [-0.2, 0) is 27.9 Å². The van der Waals surface area contributed by atoms with Crippen molar-refractivity contribution >= 4 is 19.7 Å². The summed E-state index contributed by atoms with van der Waals surface area (Å²) in [7, 11) is 1.16. The predicted molar refractivity (Wildman–Crippen MR) is 325 cm³/mol. The van der Waals surface area contributed by atoms with Crippen LogP contribution in [0.2, 0.25) is 0 Å². The van der Waals surface area contributed by atoms with Gasteiger partial charge in [0.2, 0.25) is 5.91 Å². The number of amides is 1. The van der Waals surface area contributed by atoms with Crippen LogP contribution in [0.5, 0.6) is 0 Å². The number of hydrogen-bond acceptors (Lipinski definition) is 7. The van der Waals surface area contributed by atoms with Gasteiger partial charge in [0, 0.05) is 12.8 Å². The van der Waals surface area contributed by atoms with Crippen molar-refractivity contribution in [1.29, 1.82) is 0 Å². The molecule has 3 unspecified atom stereocenters. The summed E-state index contributed by atoms with van der Waals surface area (Å²) >= 11 is 0. The molecule has 0 aromatic rings. The number of hydrogen-bond donors (Lipinski definition) is 1. The molecule has 1 N–H and O–H groups in total. The molecule has 0 saturated heterocycles. The van der Waals surface area contributed by atoms with E-state index in [-0.39, 0.29) is 24.9 Å². The number of nitrogens with one attached hydrogen (secondary N) is 1. The number of esters is 1. The molecule has 0 aliphatic carbocycles. The van der Waals surface area contributed by atoms with Crippen LogP contribution in [0.15, 0.2) is 97.2 Å². The Morgan fingerprint density at radius 2 is 0.895 bits per heavy atom. The van der Waals surface area contributed by atoms with Crippen molar-refractivity contribution in [1.82, 2.24) is 5.32 Å². The maximum absolute atomic E-state index is 13.5. The van der Waals surface area contributed by atoms with Crippen LogP contribution in [-0.4, -0.2) is 69.4 Å². The summed E-state index contributed by atoms with van der Waals surface area (Å²) in [5, 5.41) is 3.02. The van der Waals surface area contributed by atoms with E-state index >= 15 is 0 Å². The minimum absolute atomic E-state index is 0.0313. The van der Waals surface area contributed by atoms with E-state index in [1.165, 1.54) is 116 Å². The molecule has 9 nitrogen and oxygen atoms in total. The minimum atomic E-state index is -4.71. The highest BCUT2D eigenvalue weighted by Gasteiger charge is 2.27. The van der Waals surface area contributed by atoms with Crippen LogP contribution < -0.4 is 10.2 Å². The number of likely N-dealkylation sites (N-methyl/N-ethyl adjacent to an activating group) is 1. The Morgan fingerprint density at radius 1 is 0.487 bits per heavy atom. The second-order valence-electron chi connectivity index (χ2n) is 21.9. The Balaban J connectivity index is 5.25. The SMILES string of the molecule is CC/C=C/C=C/C=C/CCCCCCCCCC(=O)OC(/C=C\CCCCCCCCCCCC)C(COP(=O)([O-])OCC[N+](C)(C)C)NC(=O)CCCCCCCCC/C=C\C/C=C\C/C=C\C/C=C\CCCCC. The summed E-state index contributed by atoms with van der Waals surface area (Å²) in [6, 6.07) is -0.905. The first-order valence-corrected chi connectivity index (χ1v) is 32.5. The standard InChI is InChI=1S/C66H117N2O7P/c1-7-10-13-16-19-22-25-28-30-31-32-33-34-35-36-37-39-40-43-46-49-52-55-58-65(69)67-63(62-74-76(71,72)73-61-60-68(4,5)6)64(57-54-51-48-45-42-27-24-21-18-15-12-9-3)75-66(70)59-56-53-50-47-44-41-38-29-26-23-20-17-14-11-8-2/h11,14,17,19-20,22-23,26,28,30,32-33,35-36,54,57,63-64H,7-10,12-13,15-16,18,21,24-25,27,29,31,34,37-53,55-56,58-62H2,1-6H3,(H-,67,69,71,72)/b14-11+,20-17+,22-19-,26-23+,30-28-,33-32-,36-35-,57-54-. The van der Waals surface area contributed by atoms with Crippen molar-refractivity contribution in [3.63, 3.8) is 0 Å². The highest BCUT2D eigenvalue weighted by molar-refractivity contribution is 7.45. The lowest BCUT2D eigenvalue weighted by Gasteiger charge is -2.30. The smallest absolute Gasteiger partial charge is 0.306 e. The number of carbonyl (C=O) groups excluding carboxylic acids is 2. The van der Waals surface area contributed by atoms with Crippen LogP contribution in [0.3, 0.4) is 0 Å². The molecule has 3 atom stereocenters. The Hall–Kier alpha value is -3.07. The van der Waals surface area contributed by atoms with Gasteiger partial charge in [0.15, 0.2) is 0 Å². The summed E-state index contributed by atoms with van der Waals surface area (Å²) < 4.78 is 30.3. The molecule has 0 aromatic heterocycles. The number of carbonyl (C=O) groups is 2. The summed E-state index contributed by atoms with van der Waals surface area (Å²) in [4.78, 5) is 40.0. The Labute approximate surface area is 468 Å². The third-order valence-corrected chi connectivity index (χ3v) is 14.3. The van der Waals surface area contributed by atoms with Crippen LogP contribution in [0.4, 0.5) is 0 Å². The summed E-state index contributed by atoms with van der Waals surface area (Å²) in [5.41, 5.74) is 0. The zero-order chi connectivity index (χ0) is 55.7. The normalized spacial score (nSPS) is 14.4. The van der Waals surface area contributed by atoms with E-state index in [1.807, 2.05) is 33.3 Å². The quantitative estimate of drug-likeness (QED) is 0.0161. The number of unbranched alkanes of at least 4 members (excludes halogenated alkanes) is 27. The Bertz CT molecular complexity index is 1620. The van der Waals surface area contributed by atoms with Crippen molar-refractivity contribution in [3.05, 3.63) is 97.2 Å².